The number of Topliss-reactive ketones (excluding diaryl/α,β-unsaturated/α-hetero) is 1. The zero-order chi connectivity index (χ0) is 19.8. The predicted octanol–water partition coefficient (Wildman–Crippen LogP) is 4.19. The van der Waals surface area contributed by atoms with Crippen molar-refractivity contribution in [1.82, 2.24) is 5.32 Å². The number of methoxy groups -OCH3 is 1. The number of hydrogen-bond acceptors (Lipinski definition) is 5. The molecular formula is C20H19BrFNO4. The van der Waals surface area contributed by atoms with Gasteiger partial charge in [-0.25, -0.2) is 9.18 Å². The number of nitrogens with one attached hydrogen (secondary N) is 1. The molecule has 0 saturated carbocycles. The summed E-state index contributed by atoms with van der Waals surface area (Å²) in [6, 6.07) is 10.0. The van der Waals surface area contributed by atoms with Crippen molar-refractivity contribution in [3.63, 3.8) is 0 Å². The summed E-state index contributed by atoms with van der Waals surface area (Å²) in [6.45, 7) is 1.94. The van der Waals surface area contributed by atoms with Crippen molar-refractivity contribution in [2.75, 3.05) is 13.7 Å². The number of benzene rings is 2. The Hall–Kier alpha value is -2.67. The average Bonchev–Trinajstić information content (AvgIpc) is 2.67. The maximum atomic E-state index is 14.2. The second-order valence-corrected chi connectivity index (χ2v) is 6.36. The molecule has 0 heterocycles. The van der Waals surface area contributed by atoms with E-state index < -0.39 is 23.6 Å². The van der Waals surface area contributed by atoms with Crippen molar-refractivity contribution < 1.29 is 23.5 Å². The Labute approximate surface area is 165 Å². The lowest BCUT2D eigenvalue weighted by Gasteiger charge is -2.18. The summed E-state index contributed by atoms with van der Waals surface area (Å²) in [7, 11) is 1.54. The molecule has 1 unspecified atom stereocenters. The minimum atomic E-state index is -0.898. The highest BCUT2D eigenvalue weighted by Gasteiger charge is 2.24. The van der Waals surface area contributed by atoms with Crippen LogP contribution in [0, 0.1) is 5.82 Å². The third-order valence-electron chi connectivity index (χ3n) is 3.67. The first-order chi connectivity index (χ1) is 13.0. The first-order valence-corrected chi connectivity index (χ1v) is 8.98. The van der Waals surface area contributed by atoms with Gasteiger partial charge in [0.2, 0.25) is 0 Å². The Bertz CT molecular complexity index is 836. The lowest BCUT2D eigenvalue weighted by atomic mass is 9.97. The van der Waals surface area contributed by atoms with Gasteiger partial charge < -0.3 is 14.8 Å². The normalized spacial score (nSPS) is 11.9. The minimum absolute atomic E-state index is 0.0674. The highest BCUT2D eigenvalue weighted by atomic mass is 79.9. The Morgan fingerprint density at radius 2 is 1.93 bits per heavy atom. The van der Waals surface area contributed by atoms with Gasteiger partial charge in [-0.1, -0.05) is 28.1 Å². The number of rotatable bonds is 8. The Kier molecular flexibility index (Phi) is 7.55. The third-order valence-corrected chi connectivity index (χ3v) is 4.17. The summed E-state index contributed by atoms with van der Waals surface area (Å²) in [5, 5.41) is 2.85. The van der Waals surface area contributed by atoms with E-state index in [1.807, 2.05) is 0 Å². The second-order valence-electron chi connectivity index (χ2n) is 5.45. The average molecular weight is 436 g/mol. The van der Waals surface area contributed by atoms with E-state index in [0.717, 1.165) is 0 Å². The van der Waals surface area contributed by atoms with Crippen LogP contribution >= 0.6 is 15.9 Å². The molecule has 142 valence electrons. The lowest BCUT2D eigenvalue weighted by molar-refractivity contribution is -0.137. The number of carbonyl (C=O) groups excluding carboxylic acids is 2. The quantitative estimate of drug-likeness (QED) is 0.382. The van der Waals surface area contributed by atoms with Gasteiger partial charge in [-0.2, -0.15) is 0 Å². The van der Waals surface area contributed by atoms with E-state index in [2.05, 4.69) is 21.2 Å². The molecule has 5 nitrogen and oxygen atoms in total. The van der Waals surface area contributed by atoms with Gasteiger partial charge >= 0.3 is 5.97 Å². The van der Waals surface area contributed by atoms with Crippen LogP contribution in [0.1, 0.15) is 28.9 Å². The Morgan fingerprint density at radius 3 is 2.56 bits per heavy atom. The van der Waals surface area contributed by atoms with Gasteiger partial charge in [-0.05, 0) is 42.8 Å². The molecule has 27 heavy (non-hydrogen) atoms. The summed E-state index contributed by atoms with van der Waals surface area (Å²) in [6.07, 6.45) is 2.49. The van der Waals surface area contributed by atoms with Gasteiger partial charge in [0.05, 0.1) is 19.3 Å². The molecule has 0 saturated heterocycles. The first-order valence-electron chi connectivity index (χ1n) is 8.18. The van der Waals surface area contributed by atoms with Crippen LogP contribution in [0.25, 0.3) is 0 Å². The van der Waals surface area contributed by atoms with Crippen LogP contribution in [-0.4, -0.2) is 25.5 Å². The first kappa shape index (κ1) is 20.6. The fraction of sp³-hybridized carbons (Fsp3) is 0.200. The number of halogens is 2. The van der Waals surface area contributed by atoms with Gasteiger partial charge in [-0.15, -0.1) is 0 Å². The van der Waals surface area contributed by atoms with Crippen LogP contribution < -0.4 is 10.1 Å². The van der Waals surface area contributed by atoms with E-state index in [1.54, 1.807) is 31.2 Å². The zero-order valence-electron chi connectivity index (χ0n) is 14.9. The van der Waals surface area contributed by atoms with E-state index >= 15 is 0 Å². The zero-order valence-corrected chi connectivity index (χ0v) is 16.5. The molecule has 1 atom stereocenters. The fourth-order valence-corrected chi connectivity index (χ4v) is 2.73. The van der Waals surface area contributed by atoms with Gasteiger partial charge in [0, 0.05) is 16.7 Å². The molecule has 0 aliphatic heterocycles. The summed E-state index contributed by atoms with van der Waals surface area (Å²) >= 11 is 3.25. The topological polar surface area (TPSA) is 64.6 Å². The second kappa shape index (κ2) is 9.87. The van der Waals surface area contributed by atoms with E-state index in [0.29, 0.717) is 15.8 Å². The Balaban J connectivity index is 2.34. The molecule has 2 aromatic rings. The van der Waals surface area contributed by atoms with Crippen LogP contribution in [0.15, 0.2) is 59.2 Å². The van der Waals surface area contributed by atoms with E-state index in [9.17, 15) is 14.0 Å². The van der Waals surface area contributed by atoms with Crippen LogP contribution in [0.4, 0.5) is 4.39 Å². The predicted molar refractivity (Wildman–Crippen MR) is 103 cm³/mol. The number of ether oxygens (including phenoxy) is 2. The van der Waals surface area contributed by atoms with Gasteiger partial charge in [0.25, 0.3) is 0 Å². The molecule has 0 aromatic heterocycles. The molecule has 0 aliphatic carbocycles. The molecule has 0 spiro atoms. The van der Waals surface area contributed by atoms with Crippen molar-refractivity contribution in [3.05, 3.63) is 76.2 Å². The van der Waals surface area contributed by atoms with Gasteiger partial charge in [0.1, 0.15) is 17.6 Å². The highest BCUT2D eigenvalue weighted by molar-refractivity contribution is 9.10. The lowest BCUT2D eigenvalue weighted by Crippen LogP contribution is -2.26. The largest absolute Gasteiger partial charge is 0.497 e. The number of carbonyl (C=O) groups is 2. The minimum Gasteiger partial charge on any atom is -0.497 e. The summed E-state index contributed by atoms with van der Waals surface area (Å²) < 4.78 is 24.7. The highest BCUT2D eigenvalue weighted by Crippen LogP contribution is 2.24. The molecular weight excluding hydrogens is 417 g/mol. The smallest absolute Gasteiger partial charge is 0.332 e. The molecule has 2 rings (SSSR count). The Morgan fingerprint density at radius 1 is 1.22 bits per heavy atom. The van der Waals surface area contributed by atoms with E-state index in [1.165, 1.54) is 37.6 Å². The molecule has 7 heteroatoms. The van der Waals surface area contributed by atoms with E-state index in [-0.39, 0.29) is 12.2 Å². The van der Waals surface area contributed by atoms with Crippen molar-refractivity contribution in [1.29, 1.82) is 0 Å². The van der Waals surface area contributed by atoms with Crippen LogP contribution in [0.2, 0.25) is 0 Å². The molecule has 0 amide bonds. The molecule has 0 aliphatic rings. The number of hydrogen-bond donors (Lipinski definition) is 1. The number of esters is 1. The molecule has 0 fully saturated rings. The fourth-order valence-electron chi connectivity index (χ4n) is 2.36. The summed E-state index contributed by atoms with van der Waals surface area (Å²) in [5.74, 6) is -1.02. The molecule has 0 bridgehead atoms. The van der Waals surface area contributed by atoms with Crippen molar-refractivity contribution >= 4 is 27.7 Å². The van der Waals surface area contributed by atoms with Crippen LogP contribution in [0.5, 0.6) is 5.75 Å². The van der Waals surface area contributed by atoms with Crippen LogP contribution in [0.3, 0.4) is 0 Å². The van der Waals surface area contributed by atoms with Gasteiger partial charge in [0.15, 0.2) is 5.78 Å². The van der Waals surface area contributed by atoms with Crippen LogP contribution in [-0.2, 0) is 9.53 Å². The van der Waals surface area contributed by atoms with Crippen molar-refractivity contribution in [2.45, 2.75) is 13.0 Å². The maximum Gasteiger partial charge on any atom is 0.332 e. The van der Waals surface area contributed by atoms with Gasteiger partial charge in [-0.3, -0.25) is 4.79 Å². The SMILES string of the molecule is CCOC(=O)/C=C/NC(C(=O)c1cc(Br)ccc1F)c1ccc(OC)cc1. The van der Waals surface area contributed by atoms with Crippen molar-refractivity contribution in [3.8, 4) is 5.75 Å². The molecule has 0 radical (unpaired) electrons. The monoisotopic (exact) mass is 435 g/mol. The summed E-state index contributed by atoms with van der Waals surface area (Å²) in [5.41, 5.74) is 0.524. The number of ketones is 1. The summed E-state index contributed by atoms with van der Waals surface area (Å²) in [4.78, 5) is 24.4. The molecule has 1 N–H and O–H groups in total. The standard InChI is InChI=1S/C20H19BrFNO4/c1-3-27-18(24)10-11-23-19(13-4-7-15(26-2)8-5-13)20(25)16-12-14(21)6-9-17(16)22/h4-12,19,23H,3H2,1-2H3/b11-10+. The van der Waals surface area contributed by atoms with E-state index in [4.69, 9.17) is 9.47 Å². The third kappa shape index (κ3) is 5.65. The maximum absolute atomic E-state index is 14.2. The van der Waals surface area contributed by atoms with Crippen molar-refractivity contribution in [2.24, 2.45) is 0 Å². The molecule has 2 aromatic carbocycles.